The third kappa shape index (κ3) is 5.31. The number of rotatable bonds is 7. The molecule has 0 aliphatic rings. The Morgan fingerprint density at radius 3 is 2.20 bits per heavy atom. The number of halogens is 1. The molecule has 0 radical (unpaired) electrons. The zero-order chi connectivity index (χ0) is 21.7. The Balaban J connectivity index is 1.79. The lowest BCUT2D eigenvalue weighted by Crippen LogP contribution is -2.29. The van der Waals surface area contributed by atoms with E-state index in [1.54, 1.807) is 79.9 Å². The van der Waals surface area contributed by atoms with E-state index in [2.05, 4.69) is 5.32 Å². The SMILES string of the molecule is COc1ccc(NC(=O)c2ccc(N(Cc3ccccc3Cl)S(C)(=O)=O)cc2)cc1. The molecular formula is C22H21ClN2O4S. The molecule has 3 aromatic rings. The Kier molecular flexibility index (Phi) is 6.64. The van der Waals surface area contributed by atoms with Crippen molar-refractivity contribution in [2.75, 3.05) is 23.0 Å². The van der Waals surface area contributed by atoms with Gasteiger partial charge in [-0.25, -0.2) is 8.42 Å². The van der Waals surface area contributed by atoms with Crippen molar-refractivity contribution in [3.05, 3.63) is 88.9 Å². The minimum atomic E-state index is -3.56. The van der Waals surface area contributed by atoms with Gasteiger partial charge < -0.3 is 10.1 Å². The Bertz CT molecular complexity index is 1130. The molecule has 0 bridgehead atoms. The second-order valence-electron chi connectivity index (χ2n) is 6.59. The van der Waals surface area contributed by atoms with Gasteiger partial charge in [0, 0.05) is 16.3 Å². The maximum atomic E-state index is 12.5. The molecule has 0 aliphatic heterocycles. The molecule has 0 fully saturated rings. The van der Waals surface area contributed by atoms with Gasteiger partial charge in [-0.1, -0.05) is 29.8 Å². The summed E-state index contributed by atoms with van der Waals surface area (Å²) in [6.07, 6.45) is 1.13. The van der Waals surface area contributed by atoms with Crippen LogP contribution in [0.2, 0.25) is 5.02 Å². The maximum absolute atomic E-state index is 12.5. The van der Waals surface area contributed by atoms with E-state index < -0.39 is 10.0 Å². The number of carbonyl (C=O) groups is 1. The van der Waals surface area contributed by atoms with E-state index in [-0.39, 0.29) is 12.5 Å². The van der Waals surface area contributed by atoms with Gasteiger partial charge in [0.25, 0.3) is 5.91 Å². The maximum Gasteiger partial charge on any atom is 0.255 e. The molecule has 0 aromatic heterocycles. The molecule has 0 saturated carbocycles. The van der Waals surface area contributed by atoms with E-state index in [1.165, 1.54) is 4.31 Å². The van der Waals surface area contributed by atoms with Crippen LogP contribution in [0.4, 0.5) is 11.4 Å². The highest BCUT2D eigenvalue weighted by Crippen LogP contribution is 2.25. The van der Waals surface area contributed by atoms with Gasteiger partial charge >= 0.3 is 0 Å². The van der Waals surface area contributed by atoms with Crippen molar-refractivity contribution < 1.29 is 17.9 Å². The Morgan fingerprint density at radius 1 is 1.00 bits per heavy atom. The summed E-state index contributed by atoms with van der Waals surface area (Å²) in [5.41, 5.74) is 2.16. The normalized spacial score (nSPS) is 11.0. The number of nitrogens with zero attached hydrogens (tertiary/aromatic N) is 1. The minimum Gasteiger partial charge on any atom is -0.497 e. The van der Waals surface area contributed by atoms with E-state index in [1.807, 2.05) is 0 Å². The van der Waals surface area contributed by atoms with Crippen molar-refractivity contribution in [1.82, 2.24) is 0 Å². The number of carbonyl (C=O) groups excluding carboxylic acids is 1. The fraction of sp³-hybridized carbons (Fsp3) is 0.136. The quantitative estimate of drug-likeness (QED) is 0.579. The van der Waals surface area contributed by atoms with Crippen LogP contribution in [0, 0.1) is 0 Å². The lowest BCUT2D eigenvalue weighted by atomic mass is 10.1. The zero-order valence-corrected chi connectivity index (χ0v) is 18.1. The first kappa shape index (κ1) is 21.7. The fourth-order valence-electron chi connectivity index (χ4n) is 2.84. The van der Waals surface area contributed by atoms with Crippen molar-refractivity contribution in [2.24, 2.45) is 0 Å². The summed E-state index contributed by atoms with van der Waals surface area (Å²) < 4.78 is 31.1. The summed E-state index contributed by atoms with van der Waals surface area (Å²) in [5, 5.41) is 3.28. The van der Waals surface area contributed by atoms with Crippen molar-refractivity contribution in [3.8, 4) is 5.75 Å². The van der Waals surface area contributed by atoms with Crippen molar-refractivity contribution >= 4 is 38.9 Å². The van der Waals surface area contributed by atoms with Gasteiger partial charge in [-0.15, -0.1) is 0 Å². The number of methoxy groups -OCH3 is 1. The van der Waals surface area contributed by atoms with E-state index >= 15 is 0 Å². The highest BCUT2D eigenvalue weighted by atomic mass is 35.5. The first-order valence-corrected chi connectivity index (χ1v) is 11.3. The summed E-state index contributed by atoms with van der Waals surface area (Å²) in [7, 11) is -1.99. The van der Waals surface area contributed by atoms with Crippen LogP contribution in [0.1, 0.15) is 15.9 Å². The van der Waals surface area contributed by atoms with E-state index in [4.69, 9.17) is 16.3 Å². The Morgan fingerprint density at radius 2 is 1.63 bits per heavy atom. The number of benzene rings is 3. The van der Waals surface area contributed by atoms with Crippen LogP contribution in [0.5, 0.6) is 5.75 Å². The number of sulfonamides is 1. The topological polar surface area (TPSA) is 75.7 Å². The molecule has 0 aliphatic carbocycles. The molecule has 0 spiro atoms. The van der Waals surface area contributed by atoms with Gasteiger partial charge in [0.15, 0.2) is 0 Å². The van der Waals surface area contributed by atoms with Crippen molar-refractivity contribution in [3.63, 3.8) is 0 Å². The molecule has 3 aromatic carbocycles. The molecular weight excluding hydrogens is 424 g/mol. The predicted octanol–water partition coefficient (Wildman–Crippen LogP) is 4.57. The number of anilines is 2. The Hall–Kier alpha value is -3.03. The molecule has 1 N–H and O–H groups in total. The van der Waals surface area contributed by atoms with Crippen LogP contribution in [0.25, 0.3) is 0 Å². The lowest BCUT2D eigenvalue weighted by Gasteiger charge is -2.23. The van der Waals surface area contributed by atoms with E-state index in [0.29, 0.717) is 33.3 Å². The number of nitrogens with one attached hydrogen (secondary N) is 1. The number of ether oxygens (including phenoxy) is 1. The molecule has 0 atom stereocenters. The molecule has 1 amide bonds. The third-order valence-corrected chi connectivity index (χ3v) is 5.95. The van der Waals surface area contributed by atoms with Gasteiger partial charge in [0.1, 0.15) is 5.75 Å². The van der Waals surface area contributed by atoms with Crippen LogP contribution in [-0.2, 0) is 16.6 Å². The van der Waals surface area contributed by atoms with Crippen LogP contribution >= 0.6 is 11.6 Å². The van der Waals surface area contributed by atoms with E-state index in [9.17, 15) is 13.2 Å². The predicted molar refractivity (Wildman–Crippen MR) is 120 cm³/mol. The molecule has 0 heterocycles. The number of hydrogen-bond donors (Lipinski definition) is 1. The zero-order valence-electron chi connectivity index (χ0n) is 16.5. The lowest BCUT2D eigenvalue weighted by molar-refractivity contribution is 0.102. The molecule has 8 heteroatoms. The Labute approximate surface area is 181 Å². The summed E-state index contributed by atoms with van der Waals surface area (Å²) in [4.78, 5) is 12.5. The monoisotopic (exact) mass is 444 g/mol. The first-order chi connectivity index (χ1) is 14.3. The average Bonchev–Trinajstić information content (AvgIpc) is 2.73. The van der Waals surface area contributed by atoms with Crippen molar-refractivity contribution in [2.45, 2.75) is 6.54 Å². The molecule has 30 heavy (non-hydrogen) atoms. The summed E-state index contributed by atoms with van der Waals surface area (Å²) in [6.45, 7) is 0.0932. The van der Waals surface area contributed by atoms with Crippen LogP contribution in [0.15, 0.2) is 72.8 Å². The number of amides is 1. The largest absolute Gasteiger partial charge is 0.497 e. The summed E-state index contributed by atoms with van der Waals surface area (Å²) >= 11 is 6.19. The van der Waals surface area contributed by atoms with Crippen molar-refractivity contribution in [1.29, 1.82) is 0 Å². The van der Waals surface area contributed by atoms with Gasteiger partial charge in [-0.05, 0) is 60.2 Å². The van der Waals surface area contributed by atoms with Gasteiger partial charge in [-0.3, -0.25) is 9.10 Å². The van der Waals surface area contributed by atoms with Gasteiger partial charge in [-0.2, -0.15) is 0 Å². The molecule has 0 unspecified atom stereocenters. The fourth-order valence-corrected chi connectivity index (χ4v) is 3.91. The highest BCUT2D eigenvalue weighted by Gasteiger charge is 2.19. The van der Waals surface area contributed by atoms with Gasteiger partial charge in [0.05, 0.1) is 25.6 Å². The minimum absolute atomic E-state index is 0.0932. The molecule has 6 nitrogen and oxygen atoms in total. The first-order valence-electron chi connectivity index (χ1n) is 9.04. The van der Waals surface area contributed by atoms with Crippen LogP contribution in [-0.4, -0.2) is 27.7 Å². The van der Waals surface area contributed by atoms with E-state index in [0.717, 1.165) is 6.26 Å². The smallest absolute Gasteiger partial charge is 0.255 e. The average molecular weight is 445 g/mol. The molecule has 0 saturated heterocycles. The molecule has 3 rings (SSSR count). The number of hydrogen-bond acceptors (Lipinski definition) is 4. The van der Waals surface area contributed by atoms with Crippen LogP contribution in [0.3, 0.4) is 0 Å². The molecule has 156 valence electrons. The second kappa shape index (κ2) is 9.19. The third-order valence-electron chi connectivity index (χ3n) is 4.44. The summed E-state index contributed by atoms with van der Waals surface area (Å²) in [6, 6.07) is 20.4. The second-order valence-corrected chi connectivity index (χ2v) is 8.90. The summed E-state index contributed by atoms with van der Waals surface area (Å²) in [5.74, 6) is 0.389. The van der Waals surface area contributed by atoms with Crippen LogP contribution < -0.4 is 14.4 Å². The van der Waals surface area contributed by atoms with Gasteiger partial charge in [0.2, 0.25) is 10.0 Å². The standard InChI is InChI=1S/C22H21ClN2O4S/c1-29-20-13-9-18(10-14-20)24-22(26)16-7-11-19(12-8-16)25(30(2,27)28)15-17-5-3-4-6-21(17)23/h3-14H,15H2,1-2H3,(H,24,26). The highest BCUT2D eigenvalue weighted by molar-refractivity contribution is 7.92.